The highest BCUT2D eigenvalue weighted by Crippen LogP contribution is 2.36. The minimum Gasteiger partial charge on any atom is -0.493 e. The maximum absolute atomic E-state index is 9.55. The van der Waals surface area contributed by atoms with Crippen molar-refractivity contribution in [1.82, 2.24) is 0 Å². The van der Waals surface area contributed by atoms with Gasteiger partial charge < -0.3 is 9.47 Å². The fourth-order valence-electron chi connectivity index (χ4n) is 2.66. The summed E-state index contributed by atoms with van der Waals surface area (Å²) in [6.45, 7) is 0.325. The molecule has 0 amide bonds. The summed E-state index contributed by atoms with van der Waals surface area (Å²) < 4.78 is 12.2. The quantitative estimate of drug-likeness (QED) is 0.305. The highest BCUT2D eigenvalue weighted by Gasteiger charge is 2.12. The van der Waals surface area contributed by atoms with E-state index in [1.165, 1.54) is 0 Å². The molecule has 5 heteroatoms. The Morgan fingerprint density at radius 3 is 2.46 bits per heavy atom. The lowest BCUT2D eigenvalue weighted by molar-refractivity contribution is 0.284. The van der Waals surface area contributed by atoms with Crippen LogP contribution in [0.2, 0.25) is 5.02 Å². The molecule has 0 saturated carbocycles. The number of allylic oxidation sites excluding steroid dienone is 1. The third-order valence-corrected chi connectivity index (χ3v) is 5.18. The van der Waals surface area contributed by atoms with Gasteiger partial charge in [-0.2, -0.15) is 5.26 Å². The predicted octanol–water partition coefficient (Wildman–Crippen LogP) is 6.75. The molecule has 0 unspecified atom stereocenters. The van der Waals surface area contributed by atoms with E-state index in [-0.39, 0.29) is 0 Å². The Morgan fingerprint density at radius 1 is 1.07 bits per heavy atom. The van der Waals surface area contributed by atoms with E-state index in [1.807, 2.05) is 72.8 Å². The van der Waals surface area contributed by atoms with Crippen LogP contribution in [0.15, 0.2) is 71.2 Å². The number of hydrogen-bond donors (Lipinski definition) is 0. The van der Waals surface area contributed by atoms with Gasteiger partial charge in [0.05, 0.1) is 18.8 Å². The van der Waals surface area contributed by atoms with Crippen molar-refractivity contribution in [3.8, 4) is 17.6 Å². The summed E-state index contributed by atoms with van der Waals surface area (Å²) in [6, 6.07) is 23.0. The molecule has 0 fully saturated rings. The molecule has 3 aromatic carbocycles. The molecule has 28 heavy (non-hydrogen) atoms. The molecule has 3 rings (SSSR count). The molecule has 0 saturated heterocycles. The third-order valence-electron chi connectivity index (χ3n) is 4.13. The van der Waals surface area contributed by atoms with Crippen molar-refractivity contribution in [2.75, 3.05) is 7.11 Å². The molecule has 3 nitrogen and oxygen atoms in total. The summed E-state index contributed by atoms with van der Waals surface area (Å²) in [5, 5.41) is 10.2. The molecule has 0 aromatic heterocycles. The van der Waals surface area contributed by atoms with Gasteiger partial charge in [-0.25, -0.2) is 0 Å². The lowest BCUT2D eigenvalue weighted by Gasteiger charge is -2.14. The summed E-state index contributed by atoms with van der Waals surface area (Å²) in [5.41, 5.74) is 3.13. The van der Waals surface area contributed by atoms with Crippen molar-refractivity contribution in [2.24, 2.45) is 0 Å². The van der Waals surface area contributed by atoms with Gasteiger partial charge in [0.2, 0.25) is 0 Å². The van der Waals surface area contributed by atoms with E-state index < -0.39 is 0 Å². The van der Waals surface area contributed by atoms with Crippen LogP contribution < -0.4 is 9.47 Å². The van der Waals surface area contributed by atoms with E-state index in [0.29, 0.717) is 28.7 Å². The molecular formula is C23H17BrClNO2. The average Bonchev–Trinajstić information content (AvgIpc) is 2.73. The largest absolute Gasteiger partial charge is 0.493 e. The van der Waals surface area contributed by atoms with E-state index in [0.717, 1.165) is 21.2 Å². The summed E-state index contributed by atoms with van der Waals surface area (Å²) in [6.07, 6.45) is 1.82. The van der Waals surface area contributed by atoms with Gasteiger partial charge in [-0.3, -0.25) is 0 Å². The molecule has 0 aliphatic rings. The lowest BCUT2D eigenvalue weighted by Crippen LogP contribution is -1.99. The first-order valence-corrected chi connectivity index (χ1v) is 9.70. The zero-order valence-corrected chi connectivity index (χ0v) is 17.5. The zero-order chi connectivity index (χ0) is 19.9. The van der Waals surface area contributed by atoms with Crippen LogP contribution in [0.3, 0.4) is 0 Å². The van der Waals surface area contributed by atoms with Crippen LogP contribution >= 0.6 is 27.5 Å². The number of ether oxygens (including phenoxy) is 2. The maximum atomic E-state index is 9.55. The molecule has 0 atom stereocenters. The molecule has 3 aromatic rings. The van der Waals surface area contributed by atoms with Crippen molar-refractivity contribution >= 4 is 39.2 Å². The number of hydrogen-bond acceptors (Lipinski definition) is 3. The Labute approximate surface area is 177 Å². The van der Waals surface area contributed by atoms with Crippen LogP contribution in [-0.4, -0.2) is 7.11 Å². The minimum absolute atomic E-state index is 0.325. The molecule has 140 valence electrons. The molecule has 0 spiro atoms. The lowest BCUT2D eigenvalue weighted by atomic mass is 10.0. The number of rotatable bonds is 6. The fourth-order valence-corrected chi connectivity index (χ4v) is 3.29. The number of methoxy groups -OCH3 is 1. The van der Waals surface area contributed by atoms with Crippen molar-refractivity contribution in [3.05, 3.63) is 92.9 Å². The SMILES string of the molecule is COc1cc(/C=C(\C#N)c2ccccc2)c(Br)cc1OCc1ccccc1Cl. The highest BCUT2D eigenvalue weighted by molar-refractivity contribution is 9.10. The Balaban J connectivity index is 1.90. The Bertz CT molecular complexity index is 1040. The molecule has 0 N–H and O–H groups in total. The summed E-state index contributed by atoms with van der Waals surface area (Å²) in [4.78, 5) is 0. The molecule has 0 aliphatic heterocycles. The van der Waals surface area contributed by atoms with Crippen LogP contribution in [-0.2, 0) is 6.61 Å². The first kappa shape index (κ1) is 20.0. The molecule has 0 radical (unpaired) electrons. The van der Waals surface area contributed by atoms with Gasteiger partial charge in [0.25, 0.3) is 0 Å². The van der Waals surface area contributed by atoms with Gasteiger partial charge in [0.1, 0.15) is 6.61 Å². The standard InChI is InChI=1S/C23H17BrClNO2/c1-27-22-12-18(11-19(14-26)16-7-3-2-4-8-16)20(24)13-23(22)28-15-17-9-5-6-10-21(17)25/h2-13H,15H2,1H3/b19-11+. The van der Waals surface area contributed by atoms with E-state index in [1.54, 1.807) is 7.11 Å². The van der Waals surface area contributed by atoms with Gasteiger partial charge >= 0.3 is 0 Å². The molecule has 0 bridgehead atoms. The number of nitriles is 1. The third kappa shape index (κ3) is 4.75. The second-order valence-electron chi connectivity index (χ2n) is 5.94. The topological polar surface area (TPSA) is 42.2 Å². The van der Waals surface area contributed by atoms with Crippen LogP contribution in [0.4, 0.5) is 0 Å². The van der Waals surface area contributed by atoms with Gasteiger partial charge in [-0.05, 0) is 35.4 Å². The number of halogens is 2. The first-order valence-electron chi connectivity index (χ1n) is 8.53. The van der Waals surface area contributed by atoms with Gasteiger partial charge in [-0.15, -0.1) is 0 Å². The summed E-state index contributed by atoms with van der Waals surface area (Å²) in [5.74, 6) is 1.16. The van der Waals surface area contributed by atoms with Crippen molar-refractivity contribution in [2.45, 2.75) is 6.61 Å². The summed E-state index contributed by atoms with van der Waals surface area (Å²) >= 11 is 9.76. The van der Waals surface area contributed by atoms with Crippen molar-refractivity contribution in [1.29, 1.82) is 5.26 Å². The maximum Gasteiger partial charge on any atom is 0.162 e. The normalized spacial score (nSPS) is 11.0. The van der Waals surface area contributed by atoms with Crippen LogP contribution in [0.5, 0.6) is 11.5 Å². The Kier molecular flexibility index (Phi) is 6.76. The Morgan fingerprint density at radius 2 is 1.79 bits per heavy atom. The van der Waals surface area contributed by atoms with Crippen LogP contribution in [0.1, 0.15) is 16.7 Å². The Hall–Kier alpha value is -2.74. The van der Waals surface area contributed by atoms with Gasteiger partial charge in [-0.1, -0.05) is 76.1 Å². The minimum atomic E-state index is 0.325. The van der Waals surface area contributed by atoms with Gasteiger partial charge in [0, 0.05) is 15.1 Å². The fraction of sp³-hybridized carbons (Fsp3) is 0.0870. The zero-order valence-electron chi connectivity index (χ0n) is 15.2. The molecular weight excluding hydrogens is 438 g/mol. The second-order valence-corrected chi connectivity index (χ2v) is 7.20. The molecule has 0 heterocycles. The predicted molar refractivity (Wildman–Crippen MR) is 116 cm³/mol. The van der Waals surface area contributed by atoms with Crippen LogP contribution in [0, 0.1) is 11.3 Å². The van der Waals surface area contributed by atoms with E-state index in [9.17, 15) is 5.26 Å². The van der Waals surface area contributed by atoms with Crippen LogP contribution in [0.25, 0.3) is 11.6 Å². The molecule has 0 aliphatic carbocycles. The number of nitrogens with zero attached hydrogens (tertiary/aromatic N) is 1. The monoisotopic (exact) mass is 453 g/mol. The van der Waals surface area contributed by atoms with E-state index in [4.69, 9.17) is 21.1 Å². The summed E-state index contributed by atoms with van der Waals surface area (Å²) in [7, 11) is 1.58. The average molecular weight is 455 g/mol. The van der Waals surface area contributed by atoms with E-state index >= 15 is 0 Å². The van der Waals surface area contributed by atoms with E-state index in [2.05, 4.69) is 22.0 Å². The smallest absolute Gasteiger partial charge is 0.162 e. The number of benzene rings is 3. The van der Waals surface area contributed by atoms with Crippen molar-refractivity contribution < 1.29 is 9.47 Å². The van der Waals surface area contributed by atoms with Crippen molar-refractivity contribution in [3.63, 3.8) is 0 Å². The second kappa shape index (κ2) is 9.45. The highest BCUT2D eigenvalue weighted by atomic mass is 79.9. The first-order chi connectivity index (χ1) is 13.6. The van der Waals surface area contributed by atoms with Gasteiger partial charge in [0.15, 0.2) is 11.5 Å².